The SMILES string of the molecule is Cc1cc(C)cc(N2C(=O)CS[C@H]2c2ccc(NC(=O)c3cccs3)cc2)c1. The van der Waals surface area contributed by atoms with Gasteiger partial charge in [0.25, 0.3) is 5.91 Å². The minimum absolute atomic E-state index is 0.0595. The van der Waals surface area contributed by atoms with Gasteiger partial charge in [-0.3, -0.25) is 14.5 Å². The fourth-order valence-electron chi connectivity index (χ4n) is 3.37. The van der Waals surface area contributed by atoms with E-state index in [1.54, 1.807) is 17.8 Å². The fraction of sp³-hybridized carbons (Fsp3) is 0.182. The number of anilines is 2. The molecule has 0 spiro atoms. The molecule has 4 rings (SSSR count). The van der Waals surface area contributed by atoms with Crippen molar-refractivity contribution in [3.63, 3.8) is 0 Å². The molecule has 0 bridgehead atoms. The first-order chi connectivity index (χ1) is 13.5. The van der Waals surface area contributed by atoms with Crippen LogP contribution >= 0.6 is 23.1 Å². The van der Waals surface area contributed by atoms with Crippen molar-refractivity contribution in [2.75, 3.05) is 16.0 Å². The van der Waals surface area contributed by atoms with E-state index in [0.717, 1.165) is 28.1 Å². The van der Waals surface area contributed by atoms with E-state index < -0.39 is 0 Å². The molecule has 2 aromatic carbocycles. The van der Waals surface area contributed by atoms with E-state index >= 15 is 0 Å². The number of rotatable bonds is 4. The van der Waals surface area contributed by atoms with Crippen LogP contribution in [0.25, 0.3) is 0 Å². The van der Waals surface area contributed by atoms with Gasteiger partial charge in [0.15, 0.2) is 0 Å². The molecule has 28 heavy (non-hydrogen) atoms. The number of nitrogens with zero attached hydrogens (tertiary/aromatic N) is 1. The van der Waals surface area contributed by atoms with Crippen LogP contribution in [0, 0.1) is 13.8 Å². The van der Waals surface area contributed by atoms with Crippen LogP contribution < -0.4 is 10.2 Å². The normalized spacial score (nSPS) is 16.4. The second-order valence-corrected chi connectivity index (χ2v) is 8.84. The summed E-state index contributed by atoms with van der Waals surface area (Å²) in [7, 11) is 0. The van der Waals surface area contributed by atoms with Gasteiger partial charge in [0.05, 0.1) is 10.6 Å². The molecular formula is C22H20N2O2S2. The summed E-state index contributed by atoms with van der Waals surface area (Å²) in [5.41, 5.74) is 5.02. The Morgan fingerprint density at radius 2 is 1.79 bits per heavy atom. The molecule has 1 N–H and O–H groups in total. The molecule has 0 radical (unpaired) electrons. The van der Waals surface area contributed by atoms with E-state index in [1.165, 1.54) is 11.3 Å². The molecular weight excluding hydrogens is 388 g/mol. The minimum atomic E-state index is -0.106. The third-order valence-corrected chi connectivity index (χ3v) is 6.63. The third-order valence-electron chi connectivity index (χ3n) is 4.55. The number of thioether (sulfide) groups is 1. The molecule has 1 saturated heterocycles. The summed E-state index contributed by atoms with van der Waals surface area (Å²) in [5, 5.41) is 4.74. The van der Waals surface area contributed by atoms with Gasteiger partial charge in [0.1, 0.15) is 5.37 Å². The molecule has 2 amide bonds. The van der Waals surface area contributed by atoms with Gasteiger partial charge in [0, 0.05) is 11.4 Å². The van der Waals surface area contributed by atoms with E-state index in [-0.39, 0.29) is 17.2 Å². The molecule has 1 aromatic heterocycles. The van der Waals surface area contributed by atoms with Gasteiger partial charge in [-0.2, -0.15) is 0 Å². The number of thiophene rings is 1. The standard InChI is InChI=1S/C22H20N2O2S2/c1-14-10-15(2)12-18(11-14)24-20(25)13-28-22(24)16-5-7-17(8-6-16)23-21(26)19-4-3-9-27-19/h3-12,22H,13H2,1-2H3,(H,23,26)/t22-/m0/s1. The van der Waals surface area contributed by atoms with Crippen LogP contribution in [0.5, 0.6) is 0 Å². The second kappa shape index (κ2) is 7.81. The molecule has 1 aliphatic rings. The third kappa shape index (κ3) is 3.84. The van der Waals surface area contributed by atoms with Gasteiger partial charge in [-0.25, -0.2) is 0 Å². The Bertz CT molecular complexity index is 993. The van der Waals surface area contributed by atoms with Crippen LogP contribution in [-0.2, 0) is 4.79 Å². The zero-order valence-electron chi connectivity index (χ0n) is 15.6. The van der Waals surface area contributed by atoms with Crippen molar-refractivity contribution in [2.45, 2.75) is 19.2 Å². The van der Waals surface area contributed by atoms with E-state index in [1.807, 2.05) is 54.5 Å². The molecule has 3 aromatic rings. The Morgan fingerprint density at radius 1 is 1.07 bits per heavy atom. The van der Waals surface area contributed by atoms with Crippen molar-refractivity contribution in [2.24, 2.45) is 0 Å². The molecule has 1 atom stereocenters. The molecule has 6 heteroatoms. The van der Waals surface area contributed by atoms with Crippen molar-refractivity contribution in [3.05, 3.63) is 81.5 Å². The molecule has 4 nitrogen and oxygen atoms in total. The van der Waals surface area contributed by atoms with Crippen LogP contribution in [0.1, 0.15) is 31.7 Å². The first kappa shape index (κ1) is 18.8. The van der Waals surface area contributed by atoms with Crippen LogP contribution in [0.3, 0.4) is 0 Å². The van der Waals surface area contributed by atoms with Crippen LogP contribution in [0.4, 0.5) is 11.4 Å². The van der Waals surface area contributed by atoms with E-state index in [2.05, 4.69) is 23.5 Å². The van der Waals surface area contributed by atoms with Gasteiger partial charge in [-0.05, 0) is 66.2 Å². The molecule has 0 unspecified atom stereocenters. The summed E-state index contributed by atoms with van der Waals surface area (Å²) in [6, 6.07) is 17.6. The number of carbonyl (C=O) groups excluding carboxylic acids is 2. The number of hydrogen-bond donors (Lipinski definition) is 1. The van der Waals surface area contributed by atoms with Crippen molar-refractivity contribution >= 4 is 46.3 Å². The first-order valence-corrected chi connectivity index (χ1v) is 10.9. The molecule has 2 heterocycles. The average Bonchev–Trinajstić information content (AvgIpc) is 3.31. The van der Waals surface area contributed by atoms with Gasteiger partial charge in [-0.15, -0.1) is 23.1 Å². The molecule has 1 fully saturated rings. The Hall–Kier alpha value is -2.57. The Labute approximate surface area is 172 Å². The first-order valence-electron chi connectivity index (χ1n) is 8.98. The van der Waals surface area contributed by atoms with Gasteiger partial charge < -0.3 is 5.32 Å². The summed E-state index contributed by atoms with van der Waals surface area (Å²) in [4.78, 5) is 27.3. The van der Waals surface area contributed by atoms with Crippen molar-refractivity contribution in [1.82, 2.24) is 0 Å². The second-order valence-electron chi connectivity index (χ2n) is 6.83. The zero-order valence-corrected chi connectivity index (χ0v) is 17.3. The maximum Gasteiger partial charge on any atom is 0.265 e. The lowest BCUT2D eigenvalue weighted by Gasteiger charge is -2.25. The topological polar surface area (TPSA) is 49.4 Å². The van der Waals surface area contributed by atoms with E-state index in [4.69, 9.17) is 0 Å². The zero-order chi connectivity index (χ0) is 19.7. The highest BCUT2D eigenvalue weighted by molar-refractivity contribution is 8.00. The van der Waals surface area contributed by atoms with Crippen molar-refractivity contribution < 1.29 is 9.59 Å². The Morgan fingerprint density at radius 3 is 2.43 bits per heavy atom. The smallest absolute Gasteiger partial charge is 0.265 e. The van der Waals surface area contributed by atoms with E-state index in [0.29, 0.717) is 10.6 Å². The minimum Gasteiger partial charge on any atom is -0.321 e. The van der Waals surface area contributed by atoms with Crippen LogP contribution in [-0.4, -0.2) is 17.6 Å². The van der Waals surface area contributed by atoms with Crippen LogP contribution in [0.15, 0.2) is 60.0 Å². The van der Waals surface area contributed by atoms with Gasteiger partial charge in [0.2, 0.25) is 5.91 Å². The largest absolute Gasteiger partial charge is 0.321 e. The predicted molar refractivity (Wildman–Crippen MR) is 117 cm³/mol. The molecule has 0 aliphatic carbocycles. The lowest BCUT2D eigenvalue weighted by Crippen LogP contribution is -2.28. The van der Waals surface area contributed by atoms with Crippen LogP contribution in [0.2, 0.25) is 0 Å². The predicted octanol–water partition coefficient (Wildman–Crippen LogP) is 5.40. The fourth-order valence-corrected chi connectivity index (χ4v) is 5.17. The summed E-state index contributed by atoms with van der Waals surface area (Å²) < 4.78 is 0. The molecule has 1 aliphatic heterocycles. The maximum atomic E-state index is 12.6. The lowest BCUT2D eigenvalue weighted by molar-refractivity contribution is -0.115. The summed E-state index contributed by atoms with van der Waals surface area (Å²) >= 11 is 3.04. The number of hydrogen-bond acceptors (Lipinski definition) is 4. The number of nitrogens with one attached hydrogen (secondary N) is 1. The average molecular weight is 409 g/mol. The quantitative estimate of drug-likeness (QED) is 0.629. The highest BCUT2D eigenvalue weighted by atomic mass is 32.2. The van der Waals surface area contributed by atoms with Gasteiger partial charge >= 0.3 is 0 Å². The monoisotopic (exact) mass is 408 g/mol. The molecule has 142 valence electrons. The summed E-state index contributed by atoms with van der Waals surface area (Å²) in [6.07, 6.45) is 0. The van der Waals surface area contributed by atoms with E-state index in [9.17, 15) is 9.59 Å². The number of benzene rings is 2. The number of aryl methyl sites for hydroxylation is 2. The summed E-state index contributed by atoms with van der Waals surface area (Å²) in [5.74, 6) is 0.481. The molecule has 0 saturated carbocycles. The highest BCUT2D eigenvalue weighted by Gasteiger charge is 2.34. The lowest BCUT2D eigenvalue weighted by atomic mass is 10.1. The van der Waals surface area contributed by atoms with Crippen molar-refractivity contribution in [1.29, 1.82) is 0 Å². The van der Waals surface area contributed by atoms with Crippen molar-refractivity contribution in [3.8, 4) is 0 Å². The number of carbonyl (C=O) groups is 2. The maximum absolute atomic E-state index is 12.6. The summed E-state index contributed by atoms with van der Waals surface area (Å²) in [6.45, 7) is 4.09. The number of amides is 2. The Balaban J connectivity index is 1.56. The Kier molecular flexibility index (Phi) is 5.24. The van der Waals surface area contributed by atoms with Gasteiger partial charge in [-0.1, -0.05) is 24.3 Å². The highest BCUT2D eigenvalue weighted by Crippen LogP contribution is 2.42.